The standard InChI is InChI=1S/C13H27N3O2/c1-11(13(17)14-2)16-8-5-4-6-12(16)10-15-7-9-18-3/h11-12,15H,4-10H2,1-3H3,(H,14,17). The van der Waals surface area contributed by atoms with E-state index in [4.69, 9.17) is 4.74 Å². The summed E-state index contributed by atoms with van der Waals surface area (Å²) in [5.74, 6) is 0.110. The van der Waals surface area contributed by atoms with Crippen LogP contribution in [-0.4, -0.2) is 63.3 Å². The minimum atomic E-state index is -0.0375. The third-order valence-corrected chi connectivity index (χ3v) is 3.66. The highest BCUT2D eigenvalue weighted by molar-refractivity contribution is 5.81. The SMILES string of the molecule is CNC(=O)C(C)N1CCCCC1CNCCOC. The molecule has 1 aliphatic heterocycles. The number of carbonyl (C=O) groups excluding carboxylic acids is 1. The Morgan fingerprint density at radius 2 is 2.28 bits per heavy atom. The van der Waals surface area contributed by atoms with Crippen molar-refractivity contribution in [2.24, 2.45) is 0 Å². The van der Waals surface area contributed by atoms with Crippen molar-refractivity contribution in [1.82, 2.24) is 15.5 Å². The van der Waals surface area contributed by atoms with Gasteiger partial charge in [0.2, 0.25) is 5.91 Å². The average molecular weight is 257 g/mol. The molecule has 0 radical (unpaired) electrons. The second-order valence-corrected chi connectivity index (χ2v) is 4.87. The predicted molar refractivity (Wildman–Crippen MR) is 72.6 cm³/mol. The number of carbonyl (C=O) groups is 1. The van der Waals surface area contributed by atoms with Crippen LogP contribution in [0.2, 0.25) is 0 Å². The Balaban J connectivity index is 2.43. The third-order valence-electron chi connectivity index (χ3n) is 3.66. The summed E-state index contributed by atoms with van der Waals surface area (Å²) in [5.41, 5.74) is 0. The fraction of sp³-hybridized carbons (Fsp3) is 0.923. The van der Waals surface area contributed by atoms with Crippen LogP contribution in [0.1, 0.15) is 26.2 Å². The number of ether oxygens (including phenoxy) is 1. The summed E-state index contributed by atoms with van der Waals surface area (Å²) in [7, 11) is 3.41. The van der Waals surface area contributed by atoms with Gasteiger partial charge in [-0.3, -0.25) is 9.69 Å². The number of likely N-dealkylation sites (N-methyl/N-ethyl adjacent to an activating group) is 1. The number of nitrogens with one attached hydrogen (secondary N) is 2. The fourth-order valence-electron chi connectivity index (χ4n) is 2.55. The monoisotopic (exact) mass is 257 g/mol. The first-order valence-corrected chi connectivity index (χ1v) is 6.87. The second-order valence-electron chi connectivity index (χ2n) is 4.87. The average Bonchev–Trinajstić information content (AvgIpc) is 2.42. The highest BCUT2D eigenvalue weighted by atomic mass is 16.5. The van der Waals surface area contributed by atoms with Crippen LogP contribution in [0.15, 0.2) is 0 Å². The number of amides is 1. The predicted octanol–water partition coefficient (Wildman–Crippen LogP) is 0.211. The second kappa shape index (κ2) is 8.45. The van der Waals surface area contributed by atoms with Gasteiger partial charge in [0.15, 0.2) is 0 Å². The highest BCUT2D eigenvalue weighted by Gasteiger charge is 2.29. The van der Waals surface area contributed by atoms with Crippen molar-refractivity contribution in [2.75, 3.05) is 40.4 Å². The van der Waals surface area contributed by atoms with Crippen molar-refractivity contribution < 1.29 is 9.53 Å². The van der Waals surface area contributed by atoms with Gasteiger partial charge in [0, 0.05) is 33.3 Å². The largest absolute Gasteiger partial charge is 0.383 e. The molecule has 106 valence electrons. The normalized spacial score (nSPS) is 22.7. The smallest absolute Gasteiger partial charge is 0.236 e. The molecule has 1 heterocycles. The van der Waals surface area contributed by atoms with Crippen LogP contribution in [0, 0.1) is 0 Å². The van der Waals surface area contributed by atoms with E-state index in [2.05, 4.69) is 15.5 Å². The van der Waals surface area contributed by atoms with Gasteiger partial charge in [0.05, 0.1) is 12.6 Å². The lowest BCUT2D eigenvalue weighted by Gasteiger charge is -2.39. The first-order chi connectivity index (χ1) is 8.70. The van der Waals surface area contributed by atoms with E-state index < -0.39 is 0 Å². The summed E-state index contributed by atoms with van der Waals surface area (Å²) in [6.07, 6.45) is 3.62. The lowest BCUT2D eigenvalue weighted by Crippen LogP contribution is -2.54. The van der Waals surface area contributed by atoms with Gasteiger partial charge < -0.3 is 15.4 Å². The molecule has 2 unspecified atom stereocenters. The van der Waals surface area contributed by atoms with Gasteiger partial charge in [-0.2, -0.15) is 0 Å². The molecule has 1 saturated heterocycles. The van der Waals surface area contributed by atoms with Crippen molar-refractivity contribution in [3.8, 4) is 0 Å². The number of likely N-dealkylation sites (tertiary alicyclic amines) is 1. The molecule has 5 heteroatoms. The van der Waals surface area contributed by atoms with Gasteiger partial charge in [-0.1, -0.05) is 6.42 Å². The van der Waals surface area contributed by atoms with Crippen molar-refractivity contribution in [2.45, 2.75) is 38.3 Å². The summed E-state index contributed by atoms with van der Waals surface area (Å²) in [4.78, 5) is 14.1. The van der Waals surface area contributed by atoms with E-state index in [1.807, 2.05) is 6.92 Å². The number of piperidine rings is 1. The van der Waals surface area contributed by atoms with Crippen LogP contribution in [0.25, 0.3) is 0 Å². The molecule has 5 nitrogen and oxygen atoms in total. The van der Waals surface area contributed by atoms with E-state index in [0.29, 0.717) is 6.04 Å². The van der Waals surface area contributed by atoms with Gasteiger partial charge in [0.1, 0.15) is 0 Å². The topological polar surface area (TPSA) is 53.6 Å². The third kappa shape index (κ3) is 4.55. The molecule has 0 aromatic heterocycles. The quantitative estimate of drug-likeness (QED) is 0.640. The van der Waals surface area contributed by atoms with Crippen molar-refractivity contribution in [3.63, 3.8) is 0 Å². The zero-order valence-electron chi connectivity index (χ0n) is 11.9. The molecule has 1 aliphatic rings. The molecule has 2 N–H and O–H groups in total. The van der Waals surface area contributed by atoms with Crippen LogP contribution in [0.3, 0.4) is 0 Å². The van der Waals surface area contributed by atoms with Crippen molar-refractivity contribution >= 4 is 5.91 Å². The van der Waals surface area contributed by atoms with E-state index in [0.717, 1.165) is 26.2 Å². The molecule has 1 rings (SSSR count). The van der Waals surface area contributed by atoms with E-state index in [1.165, 1.54) is 19.3 Å². The van der Waals surface area contributed by atoms with Gasteiger partial charge in [0.25, 0.3) is 0 Å². The van der Waals surface area contributed by atoms with Crippen molar-refractivity contribution in [3.05, 3.63) is 0 Å². The molecule has 18 heavy (non-hydrogen) atoms. The molecular formula is C13H27N3O2. The van der Waals surface area contributed by atoms with E-state index in [1.54, 1.807) is 14.2 Å². The lowest BCUT2D eigenvalue weighted by molar-refractivity contribution is -0.126. The number of rotatable bonds is 7. The number of hydrogen-bond acceptors (Lipinski definition) is 4. The Morgan fingerprint density at radius 1 is 1.50 bits per heavy atom. The van der Waals surface area contributed by atoms with E-state index in [9.17, 15) is 4.79 Å². The van der Waals surface area contributed by atoms with Gasteiger partial charge in [-0.05, 0) is 26.3 Å². The molecular weight excluding hydrogens is 230 g/mol. The molecule has 0 saturated carbocycles. The summed E-state index contributed by atoms with van der Waals surface area (Å²) in [5, 5.41) is 6.14. The number of methoxy groups -OCH3 is 1. The van der Waals surface area contributed by atoms with Crippen LogP contribution in [-0.2, 0) is 9.53 Å². The first kappa shape index (κ1) is 15.4. The Morgan fingerprint density at radius 3 is 2.94 bits per heavy atom. The Kier molecular flexibility index (Phi) is 7.23. The summed E-state index contributed by atoms with van der Waals surface area (Å²) in [6, 6.07) is 0.424. The maximum atomic E-state index is 11.7. The minimum absolute atomic E-state index is 0.0375. The summed E-state index contributed by atoms with van der Waals surface area (Å²) >= 11 is 0. The molecule has 0 spiro atoms. The minimum Gasteiger partial charge on any atom is -0.383 e. The first-order valence-electron chi connectivity index (χ1n) is 6.87. The lowest BCUT2D eigenvalue weighted by atomic mass is 9.99. The van der Waals surface area contributed by atoms with Gasteiger partial charge in [-0.15, -0.1) is 0 Å². The Bertz CT molecular complexity index is 248. The van der Waals surface area contributed by atoms with Gasteiger partial charge >= 0.3 is 0 Å². The van der Waals surface area contributed by atoms with E-state index in [-0.39, 0.29) is 11.9 Å². The summed E-state index contributed by atoms with van der Waals surface area (Å²) < 4.78 is 5.02. The van der Waals surface area contributed by atoms with Gasteiger partial charge in [-0.25, -0.2) is 0 Å². The number of nitrogens with zero attached hydrogens (tertiary/aromatic N) is 1. The van der Waals surface area contributed by atoms with Crippen LogP contribution in [0.5, 0.6) is 0 Å². The number of hydrogen-bond donors (Lipinski definition) is 2. The summed E-state index contributed by atoms with van der Waals surface area (Å²) in [6.45, 7) is 5.55. The van der Waals surface area contributed by atoms with Crippen LogP contribution in [0.4, 0.5) is 0 Å². The molecule has 1 amide bonds. The Labute approximate surface area is 110 Å². The van der Waals surface area contributed by atoms with Crippen LogP contribution >= 0.6 is 0 Å². The van der Waals surface area contributed by atoms with Crippen LogP contribution < -0.4 is 10.6 Å². The Hall–Kier alpha value is -0.650. The zero-order valence-corrected chi connectivity index (χ0v) is 11.9. The molecule has 0 aromatic carbocycles. The molecule has 0 aromatic rings. The van der Waals surface area contributed by atoms with E-state index >= 15 is 0 Å². The molecule has 0 bridgehead atoms. The maximum Gasteiger partial charge on any atom is 0.236 e. The highest BCUT2D eigenvalue weighted by Crippen LogP contribution is 2.19. The fourth-order valence-corrected chi connectivity index (χ4v) is 2.55. The molecule has 0 aliphatic carbocycles. The molecule has 2 atom stereocenters. The maximum absolute atomic E-state index is 11.7. The zero-order chi connectivity index (χ0) is 13.4. The molecule has 1 fully saturated rings. The van der Waals surface area contributed by atoms with Crippen molar-refractivity contribution in [1.29, 1.82) is 0 Å².